The van der Waals surface area contributed by atoms with Gasteiger partial charge < -0.3 is 15.4 Å². The third-order valence-electron chi connectivity index (χ3n) is 3.88. The molecule has 156 valence electrons. The molecule has 0 atom stereocenters. The summed E-state index contributed by atoms with van der Waals surface area (Å²) in [6.07, 6.45) is 0. The minimum Gasteiger partial charge on any atom is -0.495 e. The van der Waals surface area contributed by atoms with Gasteiger partial charge in [0.15, 0.2) is 0 Å². The van der Waals surface area contributed by atoms with Crippen molar-refractivity contribution in [2.75, 3.05) is 18.4 Å². The SMILES string of the molecule is COc1ccc(C(=O)NCC(=O)NC(C)C)cc1S(=O)(=O)Nc1ccc(C)cc1. The third kappa shape index (κ3) is 6.21. The van der Waals surface area contributed by atoms with E-state index >= 15 is 0 Å². The van der Waals surface area contributed by atoms with E-state index in [1.54, 1.807) is 38.1 Å². The summed E-state index contributed by atoms with van der Waals surface area (Å²) in [5.74, 6) is -0.812. The summed E-state index contributed by atoms with van der Waals surface area (Å²) in [6, 6.07) is 10.8. The van der Waals surface area contributed by atoms with Gasteiger partial charge in [0.25, 0.3) is 15.9 Å². The first kappa shape index (κ1) is 22.2. The topological polar surface area (TPSA) is 114 Å². The number of benzene rings is 2. The number of carbonyl (C=O) groups excluding carboxylic acids is 2. The molecular formula is C20H25N3O5S. The maximum Gasteiger partial charge on any atom is 0.265 e. The number of aryl methyl sites for hydroxylation is 1. The van der Waals surface area contributed by atoms with E-state index in [2.05, 4.69) is 15.4 Å². The number of methoxy groups -OCH3 is 1. The molecule has 3 N–H and O–H groups in total. The predicted octanol–water partition coefficient (Wildman–Crippen LogP) is 2.06. The molecule has 9 heteroatoms. The minimum atomic E-state index is -4.01. The third-order valence-corrected chi connectivity index (χ3v) is 5.28. The number of carbonyl (C=O) groups is 2. The number of rotatable bonds is 8. The fraction of sp³-hybridized carbons (Fsp3) is 0.300. The second-order valence-electron chi connectivity index (χ2n) is 6.74. The Morgan fingerprint density at radius 1 is 1.07 bits per heavy atom. The van der Waals surface area contributed by atoms with Crippen LogP contribution in [0.3, 0.4) is 0 Å². The van der Waals surface area contributed by atoms with E-state index in [-0.39, 0.29) is 34.7 Å². The van der Waals surface area contributed by atoms with Gasteiger partial charge in [-0.25, -0.2) is 8.42 Å². The van der Waals surface area contributed by atoms with Crippen LogP contribution in [0.2, 0.25) is 0 Å². The normalized spacial score (nSPS) is 11.1. The summed E-state index contributed by atoms with van der Waals surface area (Å²) < 4.78 is 33.3. The summed E-state index contributed by atoms with van der Waals surface area (Å²) >= 11 is 0. The van der Waals surface area contributed by atoms with Gasteiger partial charge in [-0.2, -0.15) is 0 Å². The minimum absolute atomic E-state index is 0.0509. The highest BCUT2D eigenvalue weighted by Crippen LogP contribution is 2.27. The average Bonchev–Trinajstić information content (AvgIpc) is 2.66. The van der Waals surface area contributed by atoms with Crippen LogP contribution in [0.15, 0.2) is 47.4 Å². The van der Waals surface area contributed by atoms with Gasteiger partial charge in [-0.1, -0.05) is 17.7 Å². The molecule has 0 radical (unpaired) electrons. The monoisotopic (exact) mass is 419 g/mol. The lowest BCUT2D eigenvalue weighted by Crippen LogP contribution is -2.39. The Balaban J connectivity index is 2.24. The van der Waals surface area contributed by atoms with E-state index in [0.717, 1.165) is 5.56 Å². The van der Waals surface area contributed by atoms with E-state index in [1.807, 2.05) is 6.92 Å². The van der Waals surface area contributed by atoms with Gasteiger partial charge in [-0.15, -0.1) is 0 Å². The number of hydrogen-bond acceptors (Lipinski definition) is 5. The maximum absolute atomic E-state index is 12.8. The second-order valence-corrected chi connectivity index (χ2v) is 8.39. The first-order chi connectivity index (χ1) is 13.6. The smallest absolute Gasteiger partial charge is 0.265 e. The van der Waals surface area contributed by atoms with Crippen molar-refractivity contribution >= 4 is 27.5 Å². The van der Waals surface area contributed by atoms with Crippen LogP contribution in [0.25, 0.3) is 0 Å². The van der Waals surface area contributed by atoms with Crippen LogP contribution in [-0.4, -0.2) is 39.9 Å². The highest BCUT2D eigenvalue weighted by atomic mass is 32.2. The Labute approximate surface area is 170 Å². The standard InChI is InChI=1S/C20H25N3O5S/c1-13(2)22-19(24)12-21-20(25)15-7-10-17(28-4)18(11-15)29(26,27)23-16-8-5-14(3)6-9-16/h5-11,13,23H,12H2,1-4H3,(H,21,25)(H,22,24). The van der Waals surface area contributed by atoms with E-state index in [1.165, 1.54) is 25.3 Å². The number of amides is 2. The molecule has 2 aromatic rings. The summed E-state index contributed by atoms with van der Waals surface area (Å²) in [7, 11) is -2.66. The largest absolute Gasteiger partial charge is 0.495 e. The van der Waals surface area contributed by atoms with Crippen molar-refractivity contribution in [1.82, 2.24) is 10.6 Å². The Morgan fingerprint density at radius 2 is 1.72 bits per heavy atom. The Hall–Kier alpha value is -3.07. The lowest BCUT2D eigenvalue weighted by atomic mass is 10.2. The number of nitrogens with one attached hydrogen (secondary N) is 3. The maximum atomic E-state index is 12.8. The first-order valence-electron chi connectivity index (χ1n) is 8.97. The molecule has 0 aliphatic rings. The molecule has 8 nitrogen and oxygen atoms in total. The van der Waals surface area contributed by atoms with Crippen LogP contribution in [0.1, 0.15) is 29.8 Å². The van der Waals surface area contributed by atoms with E-state index in [9.17, 15) is 18.0 Å². The molecule has 2 aromatic carbocycles. The first-order valence-corrected chi connectivity index (χ1v) is 10.5. The summed E-state index contributed by atoms with van der Waals surface area (Å²) in [5, 5.41) is 5.12. The van der Waals surface area contributed by atoms with Gasteiger partial charge >= 0.3 is 0 Å². The highest BCUT2D eigenvalue weighted by Gasteiger charge is 2.22. The lowest BCUT2D eigenvalue weighted by Gasteiger charge is -2.14. The number of sulfonamides is 1. The molecule has 0 saturated heterocycles. The molecule has 0 bridgehead atoms. The zero-order valence-electron chi connectivity index (χ0n) is 16.8. The van der Waals surface area contributed by atoms with E-state index < -0.39 is 15.9 Å². The molecule has 2 rings (SSSR count). The molecule has 0 aliphatic carbocycles. The molecule has 0 aromatic heterocycles. The second kappa shape index (κ2) is 9.42. The van der Waals surface area contributed by atoms with Gasteiger partial charge in [0.05, 0.1) is 13.7 Å². The Morgan fingerprint density at radius 3 is 2.31 bits per heavy atom. The van der Waals surface area contributed by atoms with Crippen LogP contribution in [0.4, 0.5) is 5.69 Å². The Bertz CT molecular complexity index is 986. The highest BCUT2D eigenvalue weighted by molar-refractivity contribution is 7.92. The van der Waals surface area contributed by atoms with Crippen LogP contribution in [0.5, 0.6) is 5.75 Å². The summed E-state index contributed by atoms with van der Waals surface area (Å²) in [6.45, 7) is 5.29. The fourth-order valence-electron chi connectivity index (χ4n) is 2.50. The van der Waals surface area contributed by atoms with Crippen LogP contribution < -0.4 is 20.1 Å². The average molecular weight is 420 g/mol. The molecule has 0 spiro atoms. The fourth-order valence-corrected chi connectivity index (χ4v) is 3.75. The number of anilines is 1. The van der Waals surface area contributed by atoms with Crippen molar-refractivity contribution in [1.29, 1.82) is 0 Å². The molecule has 2 amide bonds. The summed E-state index contributed by atoms with van der Waals surface area (Å²) in [5.41, 5.74) is 1.47. The molecule has 0 saturated carbocycles. The van der Waals surface area contributed by atoms with E-state index in [0.29, 0.717) is 5.69 Å². The molecule has 0 fully saturated rings. The predicted molar refractivity (Wildman–Crippen MR) is 111 cm³/mol. The zero-order chi connectivity index (χ0) is 21.6. The van der Waals surface area contributed by atoms with Crippen molar-refractivity contribution in [2.24, 2.45) is 0 Å². The van der Waals surface area contributed by atoms with Crippen molar-refractivity contribution in [2.45, 2.75) is 31.7 Å². The number of hydrogen-bond donors (Lipinski definition) is 3. The molecular weight excluding hydrogens is 394 g/mol. The molecule has 0 heterocycles. The molecule has 29 heavy (non-hydrogen) atoms. The van der Waals surface area contributed by atoms with Crippen molar-refractivity contribution in [3.8, 4) is 5.75 Å². The van der Waals surface area contributed by atoms with Crippen LogP contribution in [-0.2, 0) is 14.8 Å². The van der Waals surface area contributed by atoms with Gasteiger partial charge in [0.2, 0.25) is 5.91 Å². The van der Waals surface area contributed by atoms with E-state index in [4.69, 9.17) is 4.74 Å². The quantitative estimate of drug-likeness (QED) is 0.606. The lowest BCUT2D eigenvalue weighted by molar-refractivity contribution is -0.120. The van der Waals surface area contributed by atoms with Crippen molar-refractivity contribution in [3.63, 3.8) is 0 Å². The van der Waals surface area contributed by atoms with Crippen LogP contribution in [0, 0.1) is 6.92 Å². The van der Waals surface area contributed by atoms with Crippen molar-refractivity contribution < 1.29 is 22.7 Å². The zero-order valence-corrected chi connectivity index (χ0v) is 17.6. The van der Waals surface area contributed by atoms with Crippen molar-refractivity contribution in [3.05, 3.63) is 53.6 Å². The molecule has 0 unspecified atom stereocenters. The van der Waals surface area contributed by atoms with Gasteiger partial charge in [0, 0.05) is 17.3 Å². The van der Waals surface area contributed by atoms with Crippen LogP contribution >= 0.6 is 0 Å². The Kier molecular flexibility index (Phi) is 7.22. The summed E-state index contributed by atoms with van der Waals surface area (Å²) in [4.78, 5) is 23.9. The van der Waals surface area contributed by atoms with Gasteiger partial charge in [-0.05, 0) is 51.1 Å². The van der Waals surface area contributed by atoms with Gasteiger partial charge in [0.1, 0.15) is 10.6 Å². The van der Waals surface area contributed by atoms with Gasteiger partial charge in [-0.3, -0.25) is 14.3 Å². The number of ether oxygens (including phenoxy) is 1. The molecule has 0 aliphatic heterocycles.